The van der Waals surface area contributed by atoms with Gasteiger partial charge in [-0.2, -0.15) is 4.31 Å². The third kappa shape index (κ3) is 3.41. The van der Waals surface area contributed by atoms with Crippen LogP contribution in [0.4, 0.5) is 5.69 Å². The van der Waals surface area contributed by atoms with Crippen molar-refractivity contribution in [2.45, 2.75) is 36.6 Å². The number of anilines is 1. The maximum atomic E-state index is 13.0. The highest BCUT2D eigenvalue weighted by Gasteiger charge is 2.35. The molecule has 1 aromatic rings. The Morgan fingerprint density at radius 2 is 2.08 bits per heavy atom. The average molecular weight is 379 g/mol. The van der Waals surface area contributed by atoms with Crippen molar-refractivity contribution in [1.29, 1.82) is 0 Å². The zero-order valence-corrected chi connectivity index (χ0v) is 15.0. The summed E-state index contributed by atoms with van der Waals surface area (Å²) in [5.41, 5.74) is 0.349. The number of nitrogens with zero attached hydrogens (tertiary/aromatic N) is 1. The predicted octanol–water partition coefficient (Wildman–Crippen LogP) is 0.697. The minimum atomic E-state index is -3.75. The van der Waals surface area contributed by atoms with E-state index < -0.39 is 10.0 Å². The molecule has 1 aliphatic carbocycles. The van der Waals surface area contributed by atoms with Gasteiger partial charge < -0.3 is 15.4 Å². The molecule has 26 heavy (non-hydrogen) atoms. The molecule has 0 spiro atoms. The Balaban J connectivity index is 1.53. The molecule has 2 N–H and O–H groups in total. The molecule has 1 unspecified atom stereocenters. The maximum absolute atomic E-state index is 13.0. The first-order valence-electron chi connectivity index (χ1n) is 8.81. The molecule has 0 radical (unpaired) electrons. The lowest BCUT2D eigenvalue weighted by atomic mass is 9.99. The molecule has 2 fully saturated rings. The molecule has 3 aliphatic rings. The van der Waals surface area contributed by atoms with Crippen LogP contribution in [-0.2, 0) is 19.6 Å². The van der Waals surface area contributed by atoms with E-state index in [4.69, 9.17) is 4.74 Å². The third-order valence-electron chi connectivity index (χ3n) is 4.90. The number of hydrogen-bond acceptors (Lipinski definition) is 5. The molecule has 0 aromatic heterocycles. The topological polar surface area (TPSA) is 105 Å². The van der Waals surface area contributed by atoms with Crippen LogP contribution in [0, 0.1) is 5.92 Å². The minimum absolute atomic E-state index is 0.0569. The fourth-order valence-electron chi connectivity index (χ4n) is 3.29. The first-order valence-corrected chi connectivity index (χ1v) is 10.2. The van der Waals surface area contributed by atoms with Gasteiger partial charge in [0.1, 0.15) is 5.75 Å². The SMILES string of the molecule is O=C1COc2ccc(S(=O)(=O)N3CCCC(C(=O)NC4CC4)C3)cc2N1. The fourth-order valence-corrected chi connectivity index (χ4v) is 4.84. The first kappa shape index (κ1) is 17.3. The van der Waals surface area contributed by atoms with Gasteiger partial charge in [0, 0.05) is 19.1 Å². The number of hydrogen-bond donors (Lipinski definition) is 2. The van der Waals surface area contributed by atoms with Crippen LogP contribution in [0.2, 0.25) is 0 Å². The average Bonchev–Trinajstić information content (AvgIpc) is 3.45. The van der Waals surface area contributed by atoms with Gasteiger partial charge in [-0.1, -0.05) is 0 Å². The summed E-state index contributed by atoms with van der Waals surface area (Å²) in [5, 5.41) is 5.58. The Morgan fingerprint density at radius 3 is 2.85 bits per heavy atom. The van der Waals surface area contributed by atoms with E-state index in [0.29, 0.717) is 30.8 Å². The van der Waals surface area contributed by atoms with Gasteiger partial charge in [0.2, 0.25) is 15.9 Å². The molecule has 9 heteroatoms. The number of fused-ring (bicyclic) bond motifs is 1. The number of ether oxygens (including phenoxy) is 1. The van der Waals surface area contributed by atoms with Gasteiger partial charge in [-0.25, -0.2) is 8.42 Å². The van der Waals surface area contributed by atoms with Crippen LogP contribution in [0.3, 0.4) is 0 Å². The third-order valence-corrected chi connectivity index (χ3v) is 6.76. The Hall–Kier alpha value is -2.13. The number of benzene rings is 1. The molecule has 140 valence electrons. The second-order valence-electron chi connectivity index (χ2n) is 6.98. The van der Waals surface area contributed by atoms with Crippen LogP contribution in [0.5, 0.6) is 5.75 Å². The van der Waals surface area contributed by atoms with Crippen molar-refractivity contribution in [2.24, 2.45) is 5.92 Å². The highest BCUT2D eigenvalue weighted by atomic mass is 32.2. The minimum Gasteiger partial charge on any atom is -0.482 e. The zero-order chi connectivity index (χ0) is 18.3. The fraction of sp³-hybridized carbons (Fsp3) is 0.529. The van der Waals surface area contributed by atoms with Gasteiger partial charge in [-0.15, -0.1) is 0 Å². The van der Waals surface area contributed by atoms with Crippen molar-refractivity contribution in [2.75, 3.05) is 25.0 Å². The summed E-state index contributed by atoms with van der Waals surface area (Å²) < 4.78 is 32.6. The van der Waals surface area contributed by atoms with Gasteiger partial charge >= 0.3 is 0 Å². The summed E-state index contributed by atoms with van der Waals surface area (Å²) in [6.45, 7) is 0.485. The molecule has 2 heterocycles. The van der Waals surface area contributed by atoms with Crippen LogP contribution < -0.4 is 15.4 Å². The van der Waals surface area contributed by atoms with E-state index in [1.54, 1.807) is 6.07 Å². The van der Waals surface area contributed by atoms with Crippen molar-refractivity contribution < 1.29 is 22.7 Å². The van der Waals surface area contributed by atoms with Crippen LogP contribution in [0.1, 0.15) is 25.7 Å². The highest BCUT2D eigenvalue weighted by Crippen LogP contribution is 2.32. The number of carbonyl (C=O) groups is 2. The molecular weight excluding hydrogens is 358 g/mol. The van der Waals surface area contributed by atoms with Crippen molar-refractivity contribution in [3.05, 3.63) is 18.2 Å². The Bertz CT molecular complexity index is 850. The van der Waals surface area contributed by atoms with Crippen LogP contribution in [-0.4, -0.2) is 50.3 Å². The van der Waals surface area contributed by atoms with Crippen molar-refractivity contribution in [1.82, 2.24) is 9.62 Å². The number of rotatable bonds is 4. The number of carbonyl (C=O) groups excluding carboxylic acids is 2. The molecular formula is C17H21N3O5S. The molecule has 2 aliphatic heterocycles. The highest BCUT2D eigenvalue weighted by molar-refractivity contribution is 7.89. The quantitative estimate of drug-likeness (QED) is 0.801. The van der Waals surface area contributed by atoms with E-state index in [1.807, 2.05) is 0 Å². The first-order chi connectivity index (χ1) is 12.4. The van der Waals surface area contributed by atoms with E-state index >= 15 is 0 Å². The predicted molar refractivity (Wildman–Crippen MR) is 93.2 cm³/mol. The van der Waals surface area contributed by atoms with Gasteiger partial charge in [-0.05, 0) is 43.9 Å². The van der Waals surface area contributed by atoms with E-state index in [2.05, 4.69) is 10.6 Å². The summed E-state index contributed by atoms with van der Waals surface area (Å²) in [7, 11) is -3.75. The smallest absolute Gasteiger partial charge is 0.262 e. The summed E-state index contributed by atoms with van der Waals surface area (Å²) in [6.07, 6.45) is 3.35. The molecule has 0 bridgehead atoms. The summed E-state index contributed by atoms with van der Waals surface area (Å²) >= 11 is 0. The summed E-state index contributed by atoms with van der Waals surface area (Å²) in [5.74, 6) is -0.246. The molecule has 1 saturated heterocycles. The van der Waals surface area contributed by atoms with Crippen molar-refractivity contribution >= 4 is 27.5 Å². The summed E-state index contributed by atoms with van der Waals surface area (Å²) in [4.78, 5) is 23.8. The van der Waals surface area contributed by atoms with Gasteiger partial charge in [0.05, 0.1) is 16.5 Å². The van der Waals surface area contributed by atoms with Crippen molar-refractivity contribution in [3.8, 4) is 5.75 Å². The number of piperidine rings is 1. The molecule has 1 aromatic carbocycles. The van der Waals surface area contributed by atoms with E-state index in [1.165, 1.54) is 16.4 Å². The standard InChI is InChI=1S/C17H21N3O5S/c21-16-10-25-15-6-5-13(8-14(15)19-16)26(23,24)20-7-1-2-11(9-20)17(22)18-12-3-4-12/h5-6,8,11-12H,1-4,7,9-10H2,(H,18,22)(H,19,21). The Labute approximate surface area is 151 Å². The normalized spacial score (nSPS) is 23.5. The molecule has 4 rings (SSSR count). The van der Waals surface area contributed by atoms with Gasteiger partial charge in [-0.3, -0.25) is 9.59 Å². The van der Waals surface area contributed by atoms with Crippen LogP contribution in [0.25, 0.3) is 0 Å². The van der Waals surface area contributed by atoms with Crippen molar-refractivity contribution in [3.63, 3.8) is 0 Å². The van der Waals surface area contributed by atoms with Gasteiger partial charge in [0.25, 0.3) is 5.91 Å². The monoisotopic (exact) mass is 379 g/mol. The Kier molecular flexibility index (Phi) is 4.36. The van der Waals surface area contributed by atoms with Crippen LogP contribution in [0.15, 0.2) is 23.1 Å². The van der Waals surface area contributed by atoms with E-state index in [-0.39, 0.29) is 41.8 Å². The lowest BCUT2D eigenvalue weighted by molar-refractivity contribution is -0.126. The zero-order valence-electron chi connectivity index (χ0n) is 14.2. The largest absolute Gasteiger partial charge is 0.482 e. The lowest BCUT2D eigenvalue weighted by Gasteiger charge is -2.31. The van der Waals surface area contributed by atoms with Crippen LogP contribution >= 0.6 is 0 Å². The second kappa shape index (κ2) is 6.55. The molecule has 1 saturated carbocycles. The van der Waals surface area contributed by atoms with E-state index in [9.17, 15) is 18.0 Å². The molecule has 2 amide bonds. The lowest BCUT2D eigenvalue weighted by Crippen LogP contribution is -2.45. The summed E-state index contributed by atoms with van der Waals surface area (Å²) in [6, 6.07) is 4.69. The molecule has 1 atom stereocenters. The number of amides is 2. The van der Waals surface area contributed by atoms with E-state index in [0.717, 1.165) is 12.8 Å². The second-order valence-corrected chi connectivity index (χ2v) is 8.92. The number of nitrogens with one attached hydrogen (secondary N) is 2. The molecule has 8 nitrogen and oxygen atoms in total. The maximum Gasteiger partial charge on any atom is 0.262 e. The number of sulfonamides is 1. The van der Waals surface area contributed by atoms with Gasteiger partial charge in [0.15, 0.2) is 6.61 Å². The Morgan fingerprint density at radius 1 is 1.27 bits per heavy atom.